The van der Waals surface area contributed by atoms with Crippen molar-refractivity contribution in [2.75, 3.05) is 6.54 Å². The summed E-state index contributed by atoms with van der Waals surface area (Å²) < 4.78 is 27.4. The Labute approximate surface area is 101 Å². The van der Waals surface area contributed by atoms with E-state index < -0.39 is 11.6 Å². The van der Waals surface area contributed by atoms with Gasteiger partial charge in [0.25, 0.3) is 0 Å². The average Bonchev–Trinajstić information content (AvgIpc) is 2.73. The third-order valence-electron chi connectivity index (χ3n) is 2.32. The van der Waals surface area contributed by atoms with Gasteiger partial charge in [0.15, 0.2) is 5.01 Å². The van der Waals surface area contributed by atoms with Crippen LogP contribution in [0.25, 0.3) is 10.6 Å². The highest BCUT2D eigenvalue weighted by Crippen LogP contribution is 2.30. The number of hydrogen-bond acceptors (Lipinski definition) is 4. The normalized spacial score (nSPS) is 10.8. The van der Waals surface area contributed by atoms with E-state index in [1.807, 2.05) is 0 Å². The van der Waals surface area contributed by atoms with Gasteiger partial charge in [-0.25, -0.2) is 8.78 Å². The lowest BCUT2D eigenvalue weighted by molar-refractivity contribution is 0.583. The van der Waals surface area contributed by atoms with Gasteiger partial charge in [0.2, 0.25) is 0 Å². The van der Waals surface area contributed by atoms with Crippen LogP contribution < -0.4 is 5.73 Å². The van der Waals surface area contributed by atoms with Crippen LogP contribution in [-0.2, 0) is 6.42 Å². The quantitative estimate of drug-likeness (QED) is 0.915. The molecule has 0 atom stereocenters. The monoisotopic (exact) mass is 255 g/mol. The average molecular weight is 255 g/mol. The van der Waals surface area contributed by atoms with Gasteiger partial charge in [-0.15, -0.1) is 10.2 Å². The van der Waals surface area contributed by atoms with Crippen LogP contribution in [0.2, 0.25) is 0 Å². The summed E-state index contributed by atoms with van der Waals surface area (Å²) in [6, 6.07) is 2.63. The summed E-state index contributed by atoms with van der Waals surface area (Å²) >= 11 is 1.17. The van der Waals surface area contributed by atoms with Crippen LogP contribution in [-0.4, -0.2) is 16.7 Å². The van der Waals surface area contributed by atoms with Crippen LogP contribution in [0.3, 0.4) is 0 Å². The molecule has 0 aliphatic carbocycles. The molecule has 0 fully saturated rings. The highest BCUT2D eigenvalue weighted by molar-refractivity contribution is 7.14. The van der Waals surface area contributed by atoms with Crippen molar-refractivity contribution < 1.29 is 8.78 Å². The van der Waals surface area contributed by atoms with Crippen molar-refractivity contribution in [1.29, 1.82) is 0 Å². The number of aromatic nitrogens is 2. The number of hydrogen-bond donors (Lipinski definition) is 1. The second-order valence-electron chi connectivity index (χ2n) is 3.59. The zero-order chi connectivity index (χ0) is 12.4. The van der Waals surface area contributed by atoms with E-state index in [0.717, 1.165) is 0 Å². The van der Waals surface area contributed by atoms with Crippen LogP contribution in [0.5, 0.6) is 0 Å². The van der Waals surface area contributed by atoms with E-state index in [1.54, 1.807) is 6.92 Å². The number of nitrogens with two attached hydrogens (primary N) is 1. The molecule has 1 heterocycles. The van der Waals surface area contributed by atoms with Crippen molar-refractivity contribution in [3.8, 4) is 10.6 Å². The van der Waals surface area contributed by atoms with Crippen molar-refractivity contribution in [3.63, 3.8) is 0 Å². The Hall–Kier alpha value is -1.40. The predicted octanol–water partition coefficient (Wildman–Crippen LogP) is 2.29. The van der Waals surface area contributed by atoms with Crippen molar-refractivity contribution in [2.45, 2.75) is 13.3 Å². The van der Waals surface area contributed by atoms with Crippen molar-refractivity contribution in [1.82, 2.24) is 10.2 Å². The maximum atomic E-state index is 13.8. The Kier molecular flexibility index (Phi) is 3.44. The molecule has 17 heavy (non-hydrogen) atoms. The molecule has 0 saturated carbocycles. The number of rotatable bonds is 3. The molecule has 1 aromatic heterocycles. The van der Waals surface area contributed by atoms with Gasteiger partial charge in [0, 0.05) is 6.42 Å². The molecule has 0 bridgehead atoms. The molecule has 0 aliphatic rings. The first-order valence-electron chi connectivity index (χ1n) is 5.11. The minimum absolute atomic E-state index is 0.106. The number of aryl methyl sites for hydroxylation is 1. The summed E-state index contributed by atoms with van der Waals surface area (Å²) in [6.07, 6.45) is 0.562. The maximum absolute atomic E-state index is 13.8. The largest absolute Gasteiger partial charge is 0.330 e. The lowest BCUT2D eigenvalue weighted by Gasteiger charge is -2.02. The summed E-state index contributed by atoms with van der Waals surface area (Å²) in [7, 11) is 0. The number of halogens is 2. The van der Waals surface area contributed by atoms with Crippen LogP contribution in [0, 0.1) is 18.6 Å². The summed E-state index contributed by atoms with van der Waals surface area (Å²) in [5.41, 5.74) is 5.66. The third-order valence-corrected chi connectivity index (χ3v) is 3.32. The van der Waals surface area contributed by atoms with Gasteiger partial charge < -0.3 is 5.73 Å². The molecule has 2 aromatic rings. The van der Waals surface area contributed by atoms with Gasteiger partial charge in [0.1, 0.15) is 16.6 Å². The van der Waals surface area contributed by atoms with Crippen molar-refractivity contribution in [2.24, 2.45) is 5.73 Å². The Morgan fingerprint density at radius 3 is 2.76 bits per heavy atom. The van der Waals surface area contributed by atoms with E-state index in [0.29, 0.717) is 23.5 Å². The molecular formula is C11H11F2N3S. The zero-order valence-corrected chi connectivity index (χ0v) is 10.0. The van der Waals surface area contributed by atoms with E-state index in [1.165, 1.54) is 23.5 Å². The molecular weight excluding hydrogens is 244 g/mol. The summed E-state index contributed by atoms with van der Waals surface area (Å²) in [5, 5.41) is 8.59. The molecule has 0 amide bonds. The second kappa shape index (κ2) is 4.85. The van der Waals surface area contributed by atoms with Crippen LogP contribution >= 0.6 is 11.3 Å². The Bertz CT molecular complexity index is 540. The molecule has 2 rings (SSSR count). The summed E-state index contributed by atoms with van der Waals surface area (Å²) in [6.45, 7) is 2.02. The lowest BCUT2D eigenvalue weighted by Crippen LogP contribution is -2.01. The molecule has 0 saturated heterocycles. The molecule has 2 N–H and O–H groups in total. The van der Waals surface area contributed by atoms with E-state index in [9.17, 15) is 8.78 Å². The zero-order valence-electron chi connectivity index (χ0n) is 9.20. The van der Waals surface area contributed by atoms with Crippen LogP contribution in [0.4, 0.5) is 8.78 Å². The number of nitrogens with zero attached hydrogens (tertiary/aromatic N) is 2. The van der Waals surface area contributed by atoms with Gasteiger partial charge in [0.05, 0.1) is 5.56 Å². The molecule has 0 radical (unpaired) electrons. The molecule has 90 valence electrons. The minimum atomic E-state index is -0.622. The topological polar surface area (TPSA) is 51.8 Å². The Balaban J connectivity index is 2.48. The summed E-state index contributed by atoms with van der Waals surface area (Å²) in [4.78, 5) is 0. The fourth-order valence-corrected chi connectivity index (χ4v) is 2.33. The van der Waals surface area contributed by atoms with Crippen molar-refractivity contribution in [3.05, 3.63) is 34.3 Å². The van der Waals surface area contributed by atoms with Gasteiger partial charge in [-0.1, -0.05) is 17.4 Å². The lowest BCUT2D eigenvalue weighted by atomic mass is 10.1. The second-order valence-corrected chi connectivity index (χ2v) is 4.65. The Morgan fingerprint density at radius 2 is 2.06 bits per heavy atom. The van der Waals surface area contributed by atoms with E-state index in [-0.39, 0.29) is 10.6 Å². The molecule has 0 unspecified atom stereocenters. The van der Waals surface area contributed by atoms with E-state index in [4.69, 9.17) is 5.73 Å². The van der Waals surface area contributed by atoms with Gasteiger partial charge >= 0.3 is 0 Å². The first-order valence-corrected chi connectivity index (χ1v) is 5.92. The van der Waals surface area contributed by atoms with Crippen LogP contribution in [0.15, 0.2) is 12.1 Å². The standard InChI is InChI=1S/C11H11F2N3S/c1-6-2-3-7(12)9(10(6)13)11-16-15-8(17-11)4-5-14/h2-3H,4-5,14H2,1H3. The molecule has 1 aromatic carbocycles. The first-order chi connectivity index (χ1) is 8.13. The van der Waals surface area contributed by atoms with Gasteiger partial charge in [-0.3, -0.25) is 0 Å². The van der Waals surface area contributed by atoms with Crippen LogP contribution in [0.1, 0.15) is 10.6 Å². The number of benzene rings is 1. The molecule has 0 aliphatic heterocycles. The van der Waals surface area contributed by atoms with E-state index >= 15 is 0 Å². The highest BCUT2D eigenvalue weighted by atomic mass is 32.1. The SMILES string of the molecule is Cc1ccc(F)c(-c2nnc(CCN)s2)c1F. The predicted molar refractivity (Wildman–Crippen MR) is 62.8 cm³/mol. The Morgan fingerprint density at radius 1 is 1.29 bits per heavy atom. The fourth-order valence-electron chi connectivity index (χ4n) is 1.43. The van der Waals surface area contributed by atoms with Crippen molar-refractivity contribution >= 4 is 11.3 Å². The molecule has 3 nitrogen and oxygen atoms in total. The smallest absolute Gasteiger partial charge is 0.153 e. The fraction of sp³-hybridized carbons (Fsp3) is 0.273. The van der Waals surface area contributed by atoms with Gasteiger partial charge in [-0.05, 0) is 25.1 Å². The van der Waals surface area contributed by atoms with Gasteiger partial charge in [-0.2, -0.15) is 0 Å². The first kappa shape index (κ1) is 12.1. The molecule has 0 spiro atoms. The third kappa shape index (κ3) is 2.32. The molecule has 6 heteroatoms. The maximum Gasteiger partial charge on any atom is 0.153 e. The van der Waals surface area contributed by atoms with E-state index in [2.05, 4.69) is 10.2 Å². The summed E-state index contributed by atoms with van der Waals surface area (Å²) in [5.74, 6) is -1.20. The highest BCUT2D eigenvalue weighted by Gasteiger charge is 2.17. The minimum Gasteiger partial charge on any atom is -0.330 e.